The molecule has 2 rings (SSSR count). The fraction of sp³-hybridized carbons (Fsp3) is 0. The Hall–Kier alpha value is -2.69. The normalized spacial score (nSPS) is 10.3. The Morgan fingerprint density at radius 1 is 1.37 bits per heavy atom. The minimum Gasteiger partial charge on any atom is -0.383 e. The van der Waals surface area contributed by atoms with E-state index in [4.69, 9.17) is 11.5 Å². The van der Waals surface area contributed by atoms with Gasteiger partial charge in [0, 0.05) is 6.07 Å². The van der Waals surface area contributed by atoms with Crippen molar-refractivity contribution in [3.63, 3.8) is 0 Å². The molecule has 2 aromatic rings. The second kappa shape index (κ2) is 4.89. The van der Waals surface area contributed by atoms with E-state index >= 15 is 0 Å². The number of nitrogens with zero attached hydrogens (tertiary/aromatic N) is 4. The van der Waals surface area contributed by atoms with Crippen LogP contribution in [-0.4, -0.2) is 24.9 Å². The molecule has 0 aliphatic heterocycles. The minimum absolute atomic E-state index is 0.00377. The maximum atomic E-state index is 11.2. The molecule has 0 aromatic carbocycles. The molecule has 0 unspecified atom stereocenters. The zero-order chi connectivity index (χ0) is 14.0. The molecule has 98 valence electrons. The lowest BCUT2D eigenvalue weighted by molar-refractivity contribution is -0.387. The number of aromatic amines is 1. The molecule has 0 amide bonds. The quantitative estimate of drug-likeness (QED) is 0.298. The van der Waals surface area contributed by atoms with E-state index in [1.54, 1.807) is 0 Å². The van der Waals surface area contributed by atoms with Crippen LogP contribution in [0, 0.1) is 10.1 Å². The van der Waals surface area contributed by atoms with Gasteiger partial charge in [0.25, 0.3) is 5.56 Å². The highest BCUT2D eigenvalue weighted by atomic mass is 32.2. The van der Waals surface area contributed by atoms with Crippen LogP contribution < -0.4 is 17.0 Å². The van der Waals surface area contributed by atoms with Gasteiger partial charge in [0.1, 0.15) is 12.1 Å². The lowest BCUT2D eigenvalue weighted by atomic mass is 10.5. The number of H-pyrrole nitrogens is 1. The van der Waals surface area contributed by atoms with Crippen molar-refractivity contribution in [3.8, 4) is 0 Å². The Morgan fingerprint density at radius 3 is 2.74 bits per heavy atom. The molecule has 0 aliphatic carbocycles. The Balaban J connectivity index is 2.46. The summed E-state index contributed by atoms with van der Waals surface area (Å²) < 4.78 is 0. The van der Waals surface area contributed by atoms with Crippen LogP contribution in [0.1, 0.15) is 0 Å². The zero-order valence-corrected chi connectivity index (χ0v) is 10.0. The molecule has 2 heterocycles. The summed E-state index contributed by atoms with van der Waals surface area (Å²) in [6, 6.07) is 1.09. The fourth-order valence-electron chi connectivity index (χ4n) is 1.21. The highest BCUT2D eigenvalue weighted by Crippen LogP contribution is 2.33. The molecule has 5 N–H and O–H groups in total. The lowest BCUT2D eigenvalue weighted by Gasteiger charge is -2.02. The van der Waals surface area contributed by atoms with Crippen LogP contribution in [-0.2, 0) is 0 Å². The monoisotopic (exact) mass is 281 g/mol. The van der Waals surface area contributed by atoms with E-state index in [2.05, 4.69) is 19.9 Å². The topological polar surface area (TPSA) is 167 Å². The van der Waals surface area contributed by atoms with Crippen LogP contribution in [0.3, 0.4) is 0 Å². The zero-order valence-electron chi connectivity index (χ0n) is 9.23. The molecule has 0 atom stereocenters. The second-order valence-electron chi connectivity index (χ2n) is 3.25. The Bertz CT molecular complexity index is 701. The number of hydrogen-bond donors (Lipinski definition) is 3. The highest BCUT2D eigenvalue weighted by molar-refractivity contribution is 7.99. The van der Waals surface area contributed by atoms with Crippen LogP contribution in [0.4, 0.5) is 17.3 Å². The molecule has 0 saturated carbocycles. The average Bonchev–Trinajstić information content (AvgIpc) is 2.26. The maximum absolute atomic E-state index is 11.2. The third kappa shape index (κ3) is 2.77. The number of aromatic nitrogens is 4. The van der Waals surface area contributed by atoms with Crippen molar-refractivity contribution >= 4 is 29.1 Å². The number of nitro groups is 1. The maximum Gasteiger partial charge on any atom is 0.343 e. The summed E-state index contributed by atoms with van der Waals surface area (Å²) in [5, 5.41) is 10.9. The first-order valence-corrected chi connectivity index (χ1v) is 5.58. The summed E-state index contributed by atoms with van der Waals surface area (Å²) in [5.41, 5.74) is 9.90. The first-order chi connectivity index (χ1) is 8.97. The molecular weight excluding hydrogens is 274 g/mol. The van der Waals surface area contributed by atoms with E-state index in [0.29, 0.717) is 0 Å². The van der Waals surface area contributed by atoms with Gasteiger partial charge < -0.3 is 16.5 Å². The van der Waals surface area contributed by atoms with E-state index in [9.17, 15) is 14.9 Å². The van der Waals surface area contributed by atoms with Gasteiger partial charge in [-0.2, -0.15) is 0 Å². The summed E-state index contributed by atoms with van der Waals surface area (Å²) in [7, 11) is 0. The van der Waals surface area contributed by atoms with E-state index in [1.807, 2.05) is 0 Å². The van der Waals surface area contributed by atoms with Gasteiger partial charge in [-0.25, -0.2) is 15.0 Å². The van der Waals surface area contributed by atoms with Gasteiger partial charge in [-0.1, -0.05) is 0 Å². The number of nitrogens with one attached hydrogen (secondary N) is 1. The molecular formula is C8H7N7O3S. The van der Waals surface area contributed by atoms with Crippen molar-refractivity contribution in [1.82, 2.24) is 19.9 Å². The van der Waals surface area contributed by atoms with E-state index < -0.39 is 16.2 Å². The van der Waals surface area contributed by atoms with Gasteiger partial charge in [-0.3, -0.25) is 14.9 Å². The number of nitrogen functional groups attached to an aromatic ring is 2. The van der Waals surface area contributed by atoms with Gasteiger partial charge in [0.2, 0.25) is 5.82 Å². The van der Waals surface area contributed by atoms with Crippen molar-refractivity contribution in [2.75, 3.05) is 11.5 Å². The van der Waals surface area contributed by atoms with E-state index in [0.717, 1.165) is 24.2 Å². The van der Waals surface area contributed by atoms with Gasteiger partial charge in [-0.15, -0.1) is 0 Å². The van der Waals surface area contributed by atoms with Crippen LogP contribution in [0.2, 0.25) is 0 Å². The summed E-state index contributed by atoms with van der Waals surface area (Å²) in [6.07, 6.45) is 1.08. The Labute approximate surface area is 109 Å². The predicted octanol–water partition coefficient (Wildman–Crippen LogP) is -0.216. The van der Waals surface area contributed by atoms with Crippen molar-refractivity contribution in [1.29, 1.82) is 0 Å². The highest BCUT2D eigenvalue weighted by Gasteiger charge is 2.22. The van der Waals surface area contributed by atoms with Gasteiger partial charge in [0.05, 0.1) is 4.92 Å². The third-order valence-electron chi connectivity index (χ3n) is 1.93. The summed E-state index contributed by atoms with van der Waals surface area (Å²) in [5.74, 6) is -0.273. The molecule has 0 fully saturated rings. The van der Waals surface area contributed by atoms with Crippen LogP contribution in [0.15, 0.2) is 27.4 Å². The molecule has 0 aliphatic rings. The number of hydrogen-bond acceptors (Lipinski definition) is 9. The molecule has 11 heteroatoms. The lowest BCUT2D eigenvalue weighted by Crippen LogP contribution is -2.09. The molecule has 0 saturated heterocycles. The summed E-state index contributed by atoms with van der Waals surface area (Å²) in [4.78, 5) is 34.9. The van der Waals surface area contributed by atoms with Crippen molar-refractivity contribution in [3.05, 3.63) is 32.9 Å². The standard InChI is InChI=1S/C8H7N7O3S/c9-3-1-4(16)14-8(13-3)19-7-5(15(17)18)6(10)11-2-12-7/h1-2H,(H2,10,11,12)(H3,9,13,14,16). The van der Waals surface area contributed by atoms with Crippen LogP contribution in [0.5, 0.6) is 0 Å². The fourth-order valence-corrected chi connectivity index (χ4v) is 2.08. The van der Waals surface area contributed by atoms with E-state index in [1.165, 1.54) is 0 Å². The molecule has 0 spiro atoms. The molecule has 19 heavy (non-hydrogen) atoms. The van der Waals surface area contributed by atoms with Gasteiger partial charge in [-0.05, 0) is 11.8 Å². The van der Waals surface area contributed by atoms with Crippen molar-refractivity contribution in [2.24, 2.45) is 0 Å². The molecule has 10 nitrogen and oxygen atoms in total. The third-order valence-corrected chi connectivity index (χ3v) is 2.81. The van der Waals surface area contributed by atoms with Gasteiger partial charge in [0.15, 0.2) is 10.2 Å². The van der Waals surface area contributed by atoms with Crippen LogP contribution >= 0.6 is 11.8 Å². The number of rotatable bonds is 3. The SMILES string of the molecule is Nc1cc(=O)[nH]c(Sc2ncnc(N)c2[N+](=O)[O-])n1. The average molecular weight is 281 g/mol. The second-order valence-corrected chi connectivity index (χ2v) is 4.22. The Morgan fingerprint density at radius 2 is 2.11 bits per heavy atom. The molecule has 0 bridgehead atoms. The summed E-state index contributed by atoms with van der Waals surface area (Å²) >= 11 is 0.766. The first kappa shape index (κ1) is 12.8. The van der Waals surface area contributed by atoms with Gasteiger partial charge >= 0.3 is 5.69 Å². The molecule has 2 aromatic heterocycles. The molecule has 0 radical (unpaired) electrons. The Kier molecular flexibility index (Phi) is 3.29. The first-order valence-electron chi connectivity index (χ1n) is 4.77. The minimum atomic E-state index is -0.706. The summed E-state index contributed by atoms with van der Waals surface area (Å²) in [6.45, 7) is 0. The number of anilines is 2. The van der Waals surface area contributed by atoms with Crippen LogP contribution in [0.25, 0.3) is 0 Å². The predicted molar refractivity (Wildman–Crippen MR) is 66.5 cm³/mol. The number of nitrogens with two attached hydrogens (primary N) is 2. The smallest absolute Gasteiger partial charge is 0.343 e. The van der Waals surface area contributed by atoms with Crippen molar-refractivity contribution in [2.45, 2.75) is 10.2 Å². The van der Waals surface area contributed by atoms with Crippen molar-refractivity contribution < 1.29 is 4.92 Å². The van der Waals surface area contributed by atoms with E-state index in [-0.39, 0.29) is 21.8 Å². The largest absolute Gasteiger partial charge is 0.383 e.